The summed E-state index contributed by atoms with van der Waals surface area (Å²) in [5, 5.41) is 14.6. The Kier molecular flexibility index (Phi) is 7.12. The fraction of sp³-hybridized carbons (Fsp3) is 0.391. The van der Waals surface area contributed by atoms with E-state index in [0.29, 0.717) is 23.9 Å². The minimum Gasteiger partial charge on any atom is -0.395 e. The average Bonchev–Trinajstić information content (AvgIpc) is 3.26. The molecule has 0 amide bonds. The number of anilines is 1. The molecule has 158 valence electrons. The Morgan fingerprint density at radius 1 is 1.13 bits per heavy atom. The molecule has 1 saturated heterocycles. The molecule has 6 nitrogen and oxygen atoms in total. The Morgan fingerprint density at radius 3 is 2.77 bits per heavy atom. The van der Waals surface area contributed by atoms with Crippen LogP contribution < -0.4 is 5.32 Å². The molecule has 2 heterocycles. The Labute approximate surface area is 181 Å². The van der Waals surface area contributed by atoms with E-state index in [4.69, 9.17) is 26.3 Å². The quantitative estimate of drug-likeness (QED) is 0.541. The normalized spacial score (nSPS) is 16.4. The van der Waals surface area contributed by atoms with Crippen LogP contribution in [-0.2, 0) is 17.8 Å². The smallest absolute Gasteiger partial charge is 0.145 e. The highest BCUT2D eigenvalue weighted by atomic mass is 35.5. The molecular formula is C23H27ClN4O2. The minimum absolute atomic E-state index is 0.0797. The Bertz CT molecular complexity index is 964. The Morgan fingerprint density at radius 2 is 2.00 bits per heavy atom. The zero-order chi connectivity index (χ0) is 20.8. The molecule has 4 rings (SSSR count). The van der Waals surface area contributed by atoms with Gasteiger partial charge in [0.25, 0.3) is 0 Å². The molecule has 0 radical (unpaired) electrons. The van der Waals surface area contributed by atoms with Crippen molar-refractivity contribution in [3.05, 3.63) is 64.9 Å². The summed E-state index contributed by atoms with van der Waals surface area (Å²) in [5.41, 5.74) is 2.00. The highest BCUT2D eigenvalue weighted by molar-refractivity contribution is 6.31. The monoisotopic (exact) mass is 426 g/mol. The van der Waals surface area contributed by atoms with Crippen molar-refractivity contribution in [2.45, 2.75) is 32.0 Å². The number of aromatic nitrogens is 2. The first-order valence-electron chi connectivity index (χ1n) is 10.4. The lowest BCUT2D eigenvalue weighted by Gasteiger charge is -2.21. The van der Waals surface area contributed by atoms with Gasteiger partial charge >= 0.3 is 0 Å². The van der Waals surface area contributed by atoms with Crippen LogP contribution in [0.3, 0.4) is 0 Å². The summed E-state index contributed by atoms with van der Waals surface area (Å²) in [6.07, 6.45) is 2.39. The highest BCUT2D eigenvalue weighted by Crippen LogP contribution is 2.25. The number of aliphatic hydroxyl groups is 1. The van der Waals surface area contributed by atoms with E-state index in [9.17, 15) is 5.11 Å². The molecule has 3 aromatic rings. The van der Waals surface area contributed by atoms with Gasteiger partial charge in [-0.25, -0.2) is 9.97 Å². The standard InChI is InChI=1S/C23H27ClN4O2/c24-18-8-9-20-21(13-18)26-22(27-23(20)25-14-19-7-4-12-30-19)16-28(10-11-29)15-17-5-2-1-3-6-17/h1-3,5-6,8-9,13,19,29H,4,7,10-12,14-16H2,(H,25,26,27). The van der Waals surface area contributed by atoms with Gasteiger partial charge in [-0.2, -0.15) is 0 Å². The molecule has 1 aliphatic heterocycles. The second-order valence-corrected chi connectivity index (χ2v) is 8.02. The van der Waals surface area contributed by atoms with Crippen LogP contribution in [0.25, 0.3) is 10.9 Å². The van der Waals surface area contributed by atoms with Crippen LogP contribution in [-0.4, -0.2) is 52.4 Å². The van der Waals surface area contributed by atoms with Crippen molar-refractivity contribution >= 4 is 28.3 Å². The lowest BCUT2D eigenvalue weighted by Crippen LogP contribution is -2.27. The summed E-state index contributed by atoms with van der Waals surface area (Å²) in [4.78, 5) is 11.7. The van der Waals surface area contributed by atoms with E-state index in [0.717, 1.165) is 49.3 Å². The second kappa shape index (κ2) is 10.2. The van der Waals surface area contributed by atoms with E-state index in [2.05, 4.69) is 22.3 Å². The van der Waals surface area contributed by atoms with Crippen LogP contribution in [0.2, 0.25) is 5.02 Å². The maximum atomic E-state index is 9.53. The number of nitrogens with zero attached hydrogens (tertiary/aromatic N) is 3. The highest BCUT2D eigenvalue weighted by Gasteiger charge is 2.17. The fourth-order valence-electron chi connectivity index (χ4n) is 3.77. The van der Waals surface area contributed by atoms with Crippen LogP contribution in [0.1, 0.15) is 24.2 Å². The third-order valence-corrected chi connectivity index (χ3v) is 5.49. The number of halogens is 1. The van der Waals surface area contributed by atoms with Crippen molar-refractivity contribution < 1.29 is 9.84 Å². The van der Waals surface area contributed by atoms with Gasteiger partial charge in [-0.15, -0.1) is 0 Å². The summed E-state index contributed by atoms with van der Waals surface area (Å²) < 4.78 is 5.74. The molecule has 0 saturated carbocycles. The molecule has 0 aliphatic carbocycles. The Balaban J connectivity index is 1.58. The maximum Gasteiger partial charge on any atom is 0.145 e. The van der Waals surface area contributed by atoms with Crippen molar-refractivity contribution in [3.8, 4) is 0 Å². The summed E-state index contributed by atoms with van der Waals surface area (Å²) >= 11 is 6.22. The number of fused-ring (bicyclic) bond motifs is 1. The van der Waals surface area contributed by atoms with Crippen LogP contribution in [0, 0.1) is 0 Å². The Hall–Kier alpha value is -2.25. The van der Waals surface area contributed by atoms with Crippen molar-refractivity contribution in [2.75, 3.05) is 31.6 Å². The molecule has 1 unspecified atom stereocenters. The molecule has 2 N–H and O–H groups in total. The molecule has 30 heavy (non-hydrogen) atoms. The molecule has 2 aromatic carbocycles. The number of ether oxygens (including phenoxy) is 1. The first-order chi connectivity index (χ1) is 14.7. The largest absolute Gasteiger partial charge is 0.395 e. The zero-order valence-corrected chi connectivity index (χ0v) is 17.7. The lowest BCUT2D eigenvalue weighted by molar-refractivity contribution is 0.120. The van der Waals surface area contributed by atoms with E-state index in [-0.39, 0.29) is 12.7 Å². The van der Waals surface area contributed by atoms with Crippen molar-refractivity contribution in [1.82, 2.24) is 14.9 Å². The SMILES string of the molecule is OCCN(Cc1ccccc1)Cc1nc(NCC2CCCO2)c2ccc(Cl)cc2n1. The molecule has 0 spiro atoms. The van der Waals surface area contributed by atoms with E-state index in [1.807, 2.05) is 36.4 Å². The zero-order valence-electron chi connectivity index (χ0n) is 16.9. The fourth-order valence-corrected chi connectivity index (χ4v) is 3.94. The first-order valence-corrected chi connectivity index (χ1v) is 10.8. The number of benzene rings is 2. The van der Waals surface area contributed by atoms with E-state index in [1.165, 1.54) is 5.56 Å². The lowest BCUT2D eigenvalue weighted by atomic mass is 10.2. The van der Waals surface area contributed by atoms with Crippen LogP contribution in [0.15, 0.2) is 48.5 Å². The van der Waals surface area contributed by atoms with Crippen LogP contribution >= 0.6 is 11.6 Å². The van der Waals surface area contributed by atoms with Gasteiger partial charge in [0, 0.05) is 36.7 Å². The predicted molar refractivity (Wildman–Crippen MR) is 120 cm³/mol. The van der Waals surface area contributed by atoms with Crippen molar-refractivity contribution in [1.29, 1.82) is 0 Å². The summed E-state index contributed by atoms with van der Waals surface area (Å²) in [6.45, 7) is 3.43. The number of hydrogen-bond acceptors (Lipinski definition) is 6. The summed E-state index contributed by atoms with van der Waals surface area (Å²) in [6, 6.07) is 15.9. The molecular weight excluding hydrogens is 400 g/mol. The topological polar surface area (TPSA) is 70.5 Å². The predicted octanol–water partition coefficient (Wildman–Crippen LogP) is 3.87. The van der Waals surface area contributed by atoms with E-state index in [1.54, 1.807) is 0 Å². The number of rotatable bonds is 9. The molecule has 1 aromatic heterocycles. The third kappa shape index (κ3) is 5.46. The van der Waals surface area contributed by atoms with Gasteiger partial charge in [-0.3, -0.25) is 4.90 Å². The third-order valence-electron chi connectivity index (χ3n) is 5.26. The molecule has 0 bridgehead atoms. The first kappa shape index (κ1) is 21.0. The summed E-state index contributed by atoms with van der Waals surface area (Å²) in [7, 11) is 0. The average molecular weight is 427 g/mol. The number of hydrogen-bond donors (Lipinski definition) is 2. The minimum atomic E-state index is 0.0797. The van der Waals surface area contributed by atoms with E-state index >= 15 is 0 Å². The second-order valence-electron chi connectivity index (χ2n) is 7.59. The molecule has 1 atom stereocenters. The van der Waals surface area contributed by atoms with Gasteiger partial charge < -0.3 is 15.2 Å². The number of aliphatic hydroxyl groups excluding tert-OH is 1. The van der Waals surface area contributed by atoms with Crippen molar-refractivity contribution in [2.24, 2.45) is 0 Å². The van der Waals surface area contributed by atoms with Gasteiger partial charge in [0.15, 0.2) is 0 Å². The molecule has 1 fully saturated rings. The molecule has 7 heteroatoms. The maximum absolute atomic E-state index is 9.53. The van der Waals surface area contributed by atoms with Crippen LogP contribution in [0.5, 0.6) is 0 Å². The van der Waals surface area contributed by atoms with Crippen LogP contribution in [0.4, 0.5) is 5.82 Å². The van der Waals surface area contributed by atoms with Gasteiger partial charge in [-0.1, -0.05) is 41.9 Å². The van der Waals surface area contributed by atoms with E-state index < -0.39 is 0 Å². The van der Waals surface area contributed by atoms with Gasteiger partial charge in [0.05, 0.1) is 24.8 Å². The number of nitrogens with one attached hydrogen (secondary N) is 1. The van der Waals surface area contributed by atoms with Gasteiger partial charge in [-0.05, 0) is 36.6 Å². The van der Waals surface area contributed by atoms with Gasteiger partial charge in [0.2, 0.25) is 0 Å². The van der Waals surface area contributed by atoms with Crippen molar-refractivity contribution in [3.63, 3.8) is 0 Å². The molecule has 1 aliphatic rings. The van der Waals surface area contributed by atoms with Gasteiger partial charge in [0.1, 0.15) is 11.6 Å². The summed E-state index contributed by atoms with van der Waals surface area (Å²) in [5.74, 6) is 1.50.